The molecule has 1 fully saturated rings. The molecule has 4 heteroatoms. The lowest BCUT2D eigenvalue weighted by Gasteiger charge is -2.25. The highest BCUT2D eigenvalue weighted by molar-refractivity contribution is 5.78. The molecule has 0 saturated carbocycles. The zero-order valence-corrected chi connectivity index (χ0v) is 9.88. The van der Waals surface area contributed by atoms with E-state index in [1.54, 1.807) is 0 Å². The lowest BCUT2D eigenvalue weighted by atomic mass is 10.1. The average molecular weight is 213 g/mol. The summed E-state index contributed by atoms with van der Waals surface area (Å²) in [6.07, 6.45) is 2.38. The molecule has 4 nitrogen and oxygen atoms in total. The molecule has 0 aromatic carbocycles. The highest BCUT2D eigenvalue weighted by atomic mass is 16.2. The molecular weight excluding hydrogens is 190 g/mol. The molecule has 0 aromatic rings. The zero-order valence-electron chi connectivity index (χ0n) is 9.88. The summed E-state index contributed by atoms with van der Waals surface area (Å²) in [5.41, 5.74) is 0. The van der Waals surface area contributed by atoms with Gasteiger partial charge in [0.2, 0.25) is 5.91 Å². The van der Waals surface area contributed by atoms with Crippen molar-refractivity contribution in [2.24, 2.45) is 0 Å². The van der Waals surface area contributed by atoms with E-state index >= 15 is 0 Å². The van der Waals surface area contributed by atoms with Crippen molar-refractivity contribution in [3.63, 3.8) is 0 Å². The van der Waals surface area contributed by atoms with Crippen LogP contribution in [0.3, 0.4) is 0 Å². The monoisotopic (exact) mass is 213 g/mol. The van der Waals surface area contributed by atoms with E-state index in [9.17, 15) is 4.79 Å². The van der Waals surface area contributed by atoms with E-state index in [0.717, 1.165) is 26.2 Å². The molecule has 0 bridgehead atoms. The summed E-state index contributed by atoms with van der Waals surface area (Å²) in [6.45, 7) is 8.23. The van der Waals surface area contributed by atoms with E-state index in [4.69, 9.17) is 0 Å². The van der Waals surface area contributed by atoms with Crippen LogP contribution in [0.2, 0.25) is 0 Å². The average Bonchev–Trinajstić information content (AvgIpc) is 2.29. The van der Waals surface area contributed by atoms with E-state index < -0.39 is 0 Å². The van der Waals surface area contributed by atoms with E-state index in [-0.39, 0.29) is 5.91 Å². The molecule has 1 saturated heterocycles. The Morgan fingerprint density at radius 3 is 2.73 bits per heavy atom. The number of hydrogen-bond acceptors (Lipinski definition) is 3. The van der Waals surface area contributed by atoms with Crippen LogP contribution in [0.25, 0.3) is 0 Å². The van der Waals surface area contributed by atoms with E-state index in [0.29, 0.717) is 12.6 Å². The fourth-order valence-electron chi connectivity index (χ4n) is 1.95. The van der Waals surface area contributed by atoms with Crippen molar-refractivity contribution >= 4 is 5.91 Å². The Kier molecular flexibility index (Phi) is 5.65. The number of rotatable bonds is 5. The fourth-order valence-corrected chi connectivity index (χ4v) is 1.95. The molecule has 15 heavy (non-hydrogen) atoms. The van der Waals surface area contributed by atoms with Gasteiger partial charge in [0.05, 0.1) is 6.54 Å². The maximum absolute atomic E-state index is 11.7. The molecule has 1 unspecified atom stereocenters. The van der Waals surface area contributed by atoms with Gasteiger partial charge in [-0.3, -0.25) is 4.79 Å². The topological polar surface area (TPSA) is 44.4 Å². The lowest BCUT2D eigenvalue weighted by Crippen LogP contribution is -2.47. The summed E-state index contributed by atoms with van der Waals surface area (Å²) in [5, 5.41) is 6.65. The van der Waals surface area contributed by atoms with Crippen molar-refractivity contribution < 1.29 is 4.79 Å². The molecule has 1 atom stereocenters. The number of hydrogen-bond donors (Lipinski definition) is 2. The van der Waals surface area contributed by atoms with Crippen LogP contribution < -0.4 is 10.6 Å². The predicted molar refractivity (Wildman–Crippen MR) is 61.8 cm³/mol. The maximum Gasteiger partial charge on any atom is 0.236 e. The summed E-state index contributed by atoms with van der Waals surface area (Å²) in [4.78, 5) is 13.6. The van der Waals surface area contributed by atoms with Crippen LogP contribution in [-0.2, 0) is 4.79 Å². The Hall–Kier alpha value is -0.610. The van der Waals surface area contributed by atoms with Gasteiger partial charge in [0.1, 0.15) is 0 Å². The standard InChI is InChI=1S/C11H23N3O/c1-3-14(4-2)11(15)9-13-10-6-5-7-12-8-10/h10,12-13H,3-9H2,1-2H3. The van der Waals surface area contributed by atoms with Gasteiger partial charge in [-0.2, -0.15) is 0 Å². The number of nitrogens with zero attached hydrogens (tertiary/aromatic N) is 1. The number of carbonyl (C=O) groups is 1. The second-order valence-corrected chi connectivity index (χ2v) is 3.99. The minimum atomic E-state index is 0.213. The highest BCUT2D eigenvalue weighted by Gasteiger charge is 2.15. The summed E-state index contributed by atoms with van der Waals surface area (Å²) in [5.74, 6) is 0.213. The minimum absolute atomic E-state index is 0.213. The molecule has 1 rings (SSSR count). The van der Waals surface area contributed by atoms with E-state index in [2.05, 4.69) is 10.6 Å². The van der Waals surface area contributed by atoms with Gasteiger partial charge in [0.15, 0.2) is 0 Å². The van der Waals surface area contributed by atoms with Crippen molar-refractivity contribution in [2.75, 3.05) is 32.7 Å². The number of amides is 1. The van der Waals surface area contributed by atoms with Crippen molar-refractivity contribution in [1.29, 1.82) is 0 Å². The first-order chi connectivity index (χ1) is 7.27. The number of carbonyl (C=O) groups excluding carboxylic acids is 1. The van der Waals surface area contributed by atoms with Crippen LogP contribution in [0.15, 0.2) is 0 Å². The third-order valence-corrected chi connectivity index (χ3v) is 2.95. The van der Waals surface area contributed by atoms with Crippen LogP contribution >= 0.6 is 0 Å². The molecule has 0 aromatic heterocycles. The first-order valence-electron chi connectivity index (χ1n) is 5.99. The third kappa shape index (κ3) is 4.18. The second kappa shape index (κ2) is 6.80. The smallest absolute Gasteiger partial charge is 0.236 e. The Morgan fingerprint density at radius 1 is 1.47 bits per heavy atom. The van der Waals surface area contributed by atoms with E-state index in [1.807, 2.05) is 18.7 Å². The van der Waals surface area contributed by atoms with Crippen LogP contribution in [0.1, 0.15) is 26.7 Å². The van der Waals surface area contributed by atoms with Crippen LogP contribution in [0, 0.1) is 0 Å². The second-order valence-electron chi connectivity index (χ2n) is 3.99. The lowest BCUT2D eigenvalue weighted by molar-refractivity contribution is -0.130. The normalized spacial score (nSPS) is 21.3. The first kappa shape index (κ1) is 12.5. The largest absolute Gasteiger partial charge is 0.342 e. The summed E-state index contributed by atoms with van der Waals surface area (Å²) >= 11 is 0. The summed E-state index contributed by atoms with van der Waals surface area (Å²) < 4.78 is 0. The van der Waals surface area contributed by atoms with Crippen LogP contribution in [0.5, 0.6) is 0 Å². The van der Waals surface area contributed by atoms with Gasteiger partial charge in [0.25, 0.3) is 0 Å². The van der Waals surface area contributed by atoms with Crippen molar-refractivity contribution in [2.45, 2.75) is 32.7 Å². The van der Waals surface area contributed by atoms with Crippen LogP contribution in [-0.4, -0.2) is 49.6 Å². The minimum Gasteiger partial charge on any atom is -0.342 e. The molecule has 0 aliphatic carbocycles. The fraction of sp³-hybridized carbons (Fsp3) is 0.909. The van der Waals surface area contributed by atoms with E-state index in [1.165, 1.54) is 12.8 Å². The van der Waals surface area contributed by atoms with Gasteiger partial charge in [0, 0.05) is 25.7 Å². The molecule has 1 aliphatic heterocycles. The SMILES string of the molecule is CCN(CC)C(=O)CNC1CCCNC1. The van der Waals surface area contributed by atoms with Crippen molar-refractivity contribution in [1.82, 2.24) is 15.5 Å². The van der Waals surface area contributed by atoms with Gasteiger partial charge in [-0.25, -0.2) is 0 Å². The number of nitrogens with one attached hydrogen (secondary N) is 2. The number of piperidine rings is 1. The van der Waals surface area contributed by atoms with Crippen molar-refractivity contribution in [3.05, 3.63) is 0 Å². The predicted octanol–water partition coefficient (Wildman–Crippen LogP) is 0.196. The van der Waals surface area contributed by atoms with Crippen molar-refractivity contribution in [3.8, 4) is 0 Å². The van der Waals surface area contributed by atoms with Gasteiger partial charge >= 0.3 is 0 Å². The van der Waals surface area contributed by atoms with Gasteiger partial charge in [-0.05, 0) is 33.2 Å². The molecule has 2 N–H and O–H groups in total. The Morgan fingerprint density at radius 2 is 2.20 bits per heavy atom. The summed E-state index contributed by atoms with van der Waals surface area (Å²) in [7, 11) is 0. The summed E-state index contributed by atoms with van der Waals surface area (Å²) in [6, 6.07) is 0.471. The maximum atomic E-state index is 11.7. The van der Waals surface area contributed by atoms with Gasteiger partial charge in [-0.1, -0.05) is 0 Å². The molecular formula is C11H23N3O. The zero-order chi connectivity index (χ0) is 11.1. The molecule has 1 aliphatic rings. The highest BCUT2D eigenvalue weighted by Crippen LogP contribution is 2.00. The molecule has 1 amide bonds. The Bertz CT molecular complexity index is 186. The first-order valence-corrected chi connectivity index (χ1v) is 5.99. The van der Waals surface area contributed by atoms with Gasteiger partial charge < -0.3 is 15.5 Å². The molecule has 1 heterocycles. The quantitative estimate of drug-likeness (QED) is 0.685. The molecule has 0 radical (unpaired) electrons. The number of likely N-dealkylation sites (N-methyl/N-ethyl adjacent to an activating group) is 1. The van der Waals surface area contributed by atoms with Gasteiger partial charge in [-0.15, -0.1) is 0 Å². The Balaban J connectivity index is 2.20. The third-order valence-electron chi connectivity index (χ3n) is 2.95. The molecule has 88 valence electrons. The van der Waals surface area contributed by atoms with Crippen LogP contribution in [0.4, 0.5) is 0 Å². The molecule has 0 spiro atoms. The Labute approximate surface area is 92.4 Å².